The fraction of sp³-hybridized carbons (Fsp3) is 0.308. The van der Waals surface area contributed by atoms with Gasteiger partial charge in [0.25, 0.3) is 0 Å². The monoisotopic (exact) mass is 258 g/mol. The Balaban J connectivity index is 2.00. The van der Waals surface area contributed by atoms with E-state index < -0.39 is 0 Å². The van der Waals surface area contributed by atoms with Crippen LogP contribution in [0.15, 0.2) is 35.6 Å². The maximum atomic E-state index is 5.85. The number of anilines is 1. The van der Waals surface area contributed by atoms with Crippen molar-refractivity contribution >= 4 is 11.6 Å². The molecule has 100 valence electrons. The van der Waals surface area contributed by atoms with Gasteiger partial charge in [0.2, 0.25) is 0 Å². The summed E-state index contributed by atoms with van der Waals surface area (Å²) >= 11 is 0. The molecule has 0 aliphatic heterocycles. The molecule has 0 fully saturated rings. The molecule has 0 bridgehead atoms. The zero-order chi connectivity index (χ0) is 13.7. The SMILES string of the molecule is CCn1ncnc1CN=C(N)Nc1cccc(C)c1. The molecule has 6 heteroatoms. The Bertz CT molecular complexity index is 572. The standard InChI is InChI=1S/C13H18N6/c1-3-19-12(16-9-17-19)8-15-13(14)18-11-6-4-5-10(2)7-11/h4-7,9H,3,8H2,1-2H3,(H3,14,15,18). The number of aryl methyl sites for hydroxylation is 2. The summed E-state index contributed by atoms with van der Waals surface area (Å²) in [4.78, 5) is 8.40. The van der Waals surface area contributed by atoms with E-state index in [-0.39, 0.29) is 0 Å². The summed E-state index contributed by atoms with van der Waals surface area (Å²) in [7, 11) is 0. The third kappa shape index (κ3) is 3.54. The van der Waals surface area contributed by atoms with Crippen molar-refractivity contribution in [2.24, 2.45) is 10.7 Å². The van der Waals surface area contributed by atoms with Crippen molar-refractivity contribution in [2.75, 3.05) is 5.32 Å². The maximum absolute atomic E-state index is 5.85. The third-order valence-corrected chi connectivity index (χ3v) is 2.68. The number of nitrogens with zero attached hydrogens (tertiary/aromatic N) is 4. The molecular weight excluding hydrogens is 240 g/mol. The minimum absolute atomic E-state index is 0.372. The normalized spacial score (nSPS) is 11.6. The Morgan fingerprint density at radius 2 is 2.32 bits per heavy atom. The minimum Gasteiger partial charge on any atom is -0.370 e. The molecule has 0 atom stereocenters. The van der Waals surface area contributed by atoms with Crippen LogP contribution in [0.2, 0.25) is 0 Å². The van der Waals surface area contributed by atoms with Crippen LogP contribution in [0, 0.1) is 6.92 Å². The molecule has 19 heavy (non-hydrogen) atoms. The van der Waals surface area contributed by atoms with Crippen LogP contribution in [0.1, 0.15) is 18.3 Å². The summed E-state index contributed by atoms with van der Waals surface area (Å²) in [5.41, 5.74) is 7.94. The molecule has 0 saturated heterocycles. The molecule has 1 aromatic heterocycles. The van der Waals surface area contributed by atoms with Gasteiger partial charge in [0.15, 0.2) is 5.96 Å². The minimum atomic E-state index is 0.372. The molecule has 1 heterocycles. The summed E-state index contributed by atoms with van der Waals surface area (Å²) in [5.74, 6) is 1.17. The highest BCUT2D eigenvalue weighted by atomic mass is 15.3. The van der Waals surface area contributed by atoms with Crippen LogP contribution >= 0.6 is 0 Å². The number of aliphatic imine (C=N–C) groups is 1. The van der Waals surface area contributed by atoms with E-state index in [1.807, 2.05) is 38.1 Å². The van der Waals surface area contributed by atoms with E-state index in [0.717, 1.165) is 18.1 Å². The topological polar surface area (TPSA) is 81.1 Å². The van der Waals surface area contributed by atoms with Crippen LogP contribution in [0.25, 0.3) is 0 Å². The molecule has 0 aliphatic carbocycles. The van der Waals surface area contributed by atoms with E-state index in [1.165, 1.54) is 11.9 Å². The number of nitrogens with two attached hydrogens (primary N) is 1. The highest BCUT2D eigenvalue weighted by Gasteiger charge is 2.01. The van der Waals surface area contributed by atoms with Crippen molar-refractivity contribution in [1.82, 2.24) is 14.8 Å². The van der Waals surface area contributed by atoms with Crippen molar-refractivity contribution < 1.29 is 0 Å². The number of nitrogens with one attached hydrogen (secondary N) is 1. The van der Waals surface area contributed by atoms with E-state index in [4.69, 9.17) is 5.73 Å². The lowest BCUT2D eigenvalue weighted by molar-refractivity contribution is 0.616. The number of rotatable bonds is 4. The number of guanidine groups is 1. The summed E-state index contributed by atoms with van der Waals surface area (Å²) in [5, 5.41) is 7.14. The number of hydrogen-bond donors (Lipinski definition) is 2. The molecule has 0 aliphatic rings. The third-order valence-electron chi connectivity index (χ3n) is 2.68. The van der Waals surface area contributed by atoms with Gasteiger partial charge in [-0.3, -0.25) is 0 Å². The Kier molecular flexibility index (Phi) is 4.12. The molecule has 0 spiro atoms. The van der Waals surface area contributed by atoms with Crippen LogP contribution in [0.5, 0.6) is 0 Å². The van der Waals surface area contributed by atoms with Crippen molar-refractivity contribution in [1.29, 1.82) is 0 Å². The van der Waals surface area contributed by atoms with Crippen LogP contribution in [-0.2, 0) is 13.1 Å². The Morgan fingerprint density at radius 1 is 1.47 bits per heavy atom. The average molecular weight is 258 g/mol. The van der Waals surface area contributed by atoms with Gasteiger partial charge in [0, 0.05) is 12.2 Å². The van der Waals surface area contributed by atoms with Gasteiger partial charge in [-0.2, -0.15) is 5.10 Å². The predicted octanol–water partition coefficient (Wildman–Crippen LogP) is 1.53. The van der Waals surface area contributed by atoms with Gasteiger partial charge in [-0.1, -0.05) is 12.1 Å². The fourth-order valence-corrected chi connectivity index (χ4v) is 1.74. The highest BCUT2D eigenvalue weighted by molar-refractivity contribution is 5.92. The lowest BCUT2D eigenvalue weighted by atomic mass is 10.2. The molecule has 0 amide bonds. The van der Waals surface area contributed by atoms with Crippen LogP contribution in [0.4, 0.5) is 5.69 Å². The number of benzene rings is 1. The lowest BCUT2D eigenvalue weighted by Crippen LogP contribution is -2.23. The zero-order valence-corrected chi connectivity index (χ0v) is 11.2. The number of hydrogen-bond acceptors (Lipinski definition) is 3. The Hall–Kier alpha value is -2.37. The van der Waals surface area contributed by atoms with Gasteiger partial charge in [-0.15, -0.1) is 0 Å². The molecule has 1 aromatic carbocycles. The van der Waals surface area contributed by atoms with Gasteiger partial charge in [-0.05, 0) is 31.5 Å². The first-order valence-corrected chi connectivity index (χ1v) is 6.19. The lowest BCUT2D eigenvalue weighted by Gasteiger charge is -2.06. The van der Waals surface area contributed by atoms with Gasteiger partial charge >= 0.3 is 0 Å². The quantitative estimate of drug-likeness (QED) is 0.643. The van der Waals surface area contributed by atoms with Crippen molar-refractivity contribution in [3.05, 3.63) is 42.0 Å². The van der Waals surface area contributed by atoms with Crippen molar-refractivity contribution in [3.8, 4) is 0 Å². The Morgan fingerprint density at radius 3 is 3.05 bits per heavy atom. The largest absolute Gasteiger partial charge is 0.370 e. The maximum Gasteiger partial charge on any atom is 0.193 e. The smallest absolute Gasteiger partial charge is 0.193 e. The fourth-order valence-electron chi connectivity index (χ4n) is 1.74. The summed E-state index contributed by atoms with van der Waals surface area (Å²) < 4.78 is 1.80. The molecule has 0 radical (unpaired) electrons. The molecule has 0 unspecified atom stereocenters. The summed E-state index contributed by atoms with van der Waals surface area (Å²) in [6, 6.07) is 7.96. The van der Waals surface area contributed by atoms with Gasteiger partial charge < -0.3 is 11.1 Å². The molecular formula is C13H18N6. The summed E-state index contributed by atoms with van der Waals surface area (Å²) in [6.07, 6.45) is 1.53. The average Bonchev–Trinajstić information content (AvgIpc) is 2.83. The van der Waals surface area contributed by atoms with Crippen LogP contribution < -0.4 is 11.1 Å². The van der Waals surface area contributed by atoms with Crippen molar-refractivity contribution in [3.63, 3.8) is 0 Å². The summed E-state index contributed by atoms with van der Waals surface area (Å²) in [6.45, 7) is 5.23. The molecule has 3 N–H and O–H groups in total. The molecule has 2 rings (SSSR count). The van der Waals surface area contributed by atoms with E-state index in [9.17, 15) is 0 Å². The second-order valence-electron chi connectivity index (χ2n) is 4.19. The van der Waals surface area contributed by atoms with E-state index in [2.05, 4.69) is 20.4 Å². The second kappa shape index (κ2) is 5.99. The Labute approximate surface area is 112 Å². The molecule has 6 nitrogen and oxygen atoms in total. The predicted molar refractivity (Wildman–Crippen MR) is 75.8 cm³/mol. The first-order chi connectivity index (χ1) is 9.19. The first-order valence-electron chi connectivity index (χ1n) is 6.19. The molecule has 2 aromatic rings. The highest BCUT2D eigenvalue weighted by Crippen LogP contribution is 2.08. The van der Waals surface area contributed by atoms with Crippen LogP contribution in [-0.4, -0.2) is 20.7 Å². The number of aromatic nitrogens is 3. The molecule has 0 saturated carbocycles. The van der Waals surface area contributed by atoms with Gasteiger partial charge in [0.1, 0.15) is 18.7 Å². The first kappa shape index (κ1) is 13.1. The van der Waals surface area contributed by atoms with Crippen molar-refractivity contribution in [2.45, 2.75) is 26.9 Å². The van der Waals surface area contributed by atoms with E-state index in [1.54, 1.807) is 4.68 Å². The van der Waals surface area contributed by atoms with Crippen LogP contribution in [0.3, 0.4) is 0 Å². The zero-order valence-electron chi connectivity index (χ0n) is 11.2. The second-order valence-corrected chi connectivity index (χ2v) is 4.19. The van der Waals surface area contributed by atoms with E-state index in [0.29, 0.717) is 12.5 Å². The van der Waals surface area contributed by atoms with E-state index >= 15 is 0 Å². The van der Waals surface area contributed by atoms with Gasteiger partial charge in [0.05, 0.1) is 0 Å². The van der Waals surface area contributed by atoms with Gasteiger partial charge in [-0.25, -0.2) is 14.7 Å².